The van der Waals surface area contributed by atoms with Gasteiger partial charge in [-0.3, -0.25) is 0 Å². The molecule has 0 atom stereocenters. The summed E-state index contributed by atoms with van der Waals surface area (Å²) in [6, 6.07) is 0. The van der Waals surface area contributed by atoms with Crippen LogP contribution in [0.4, 0.5) is 0 Å². The van der Waals surface area contributed by atoms with Crippen molar-refractivity contribution in [3.8, 4) is 0 Å². The second kappa shape index (κ2) is 17.7. The molecule has 0 bridgehead atoms. The molecule has 0 aliphatic carbocycles. The number of nitrogens with one attached hydrogen (secondary N) is 1. The van der Waals surface area contributed by atoms with Gasteiger partial charge < -0.3 is 5.32 Å². The second-order valence-corrected chi connectivity index (χ2v) is 3.13. The predicted molar refractivity (Wildman–Crippen MR) is 63.2 cm³/mol. The van der Waals surface area contributed by atoms with Crippen LogP contribution in [-0.4, -0.2) is 13.6 Å². The first-order valence-corrected chi connectivity index (χ1v) is 5.62. The Morgan fingerprint density at radius 3 is 2.00 bits per heavy atom. The van der Waals surface area contributed by atoms with Gasteiger partial charge in [0, 0.05) is 0 Å². The Morgan fingerprint density at radius 1 is 1.00 bits per heavy atom. The van der Waals surface area contributed by atoms with Crippen molar-refractivity contribution < 1.29 is 0 Å². The smallest absolute Gasteiger partial charge is 0.00490 e. The first-order chi connectivity index (χ1) is 6.33. The van der Waals surface area contributed by atoms with Crippen LogP contribution in [0, 0.1) is 0 Å². The van der Waals surface area contributed by atoms with Gasteiger partial charge in [0.05, 0.1) is 0 Å². The highest BCUT2D eigenvalue weighted by atomic mass is 14.8. The van der Waals surface area contributed by atoms with Gasteiger partial charge in [0.25, 0.3) is 0 Å². The Morgan fingerprint density at radius 2 is 1.62 bits per heavy atom. The maximum absolute atomic E-state index is 3.11. The third-order valence-electron chi connectivity index (χ3n) is 1.70. The predicted octanol–water partition coefficient (Wildman–Crippen LogP) is 3.76. The summed E-state index contributed by atoms with van der Waals surface area (Å²) in [6.07, 6.45) is 10.7. The third-order valence-corrected chi connectivity index (χ3v) is 1.70. The molecule has 0 aliphatic heterocycles. The minimum absolute atomic E-state index is 1.13. The van der Waals surface area contributed by atoms with Crippen LogP contribution < -0.4 is 5.32 Å². The molecule has 0 aromatic carbocycles. The molecule has 13 heavy (non-hydrogen) atoms. The Labute approximate surface area is 84.6 Å². The lowest BCUT2D eigenvalue weighted by atomic mass is 10.3. The Hall–Kier alpha value is -0.300. The van der Waals surface area contributed by atoms with E-state index in [9.17, 15) is 0 Å². The fraction of sp³-hybridized carbons (Fsp3) is 0.833. The summed E-state index contributed by atoms with van der Waals surface area (Å²) in [4.78, 5) is 0. The van der Waals surface area contributed by atoms with E-state index in [0.29, 0.717) is 0 Å². The summed E-state index contributed by atoms with van der Waals surface area (Å²) in [5.74, 6) is 0. The van der Waals surface area contributed by atoms with Crippen molar-refractivity contribution in [2.45, 2.75) is 52.9 Å². The molecule has 0 aliphatic rings. The molecule has 0 saturated carbocycles. The molecule has 0 aromatic heterocycles. The van der Waals surface area contributed by atoms with Crippen molar-refractivity contribution in [3.63, 3.8) is 0 Å². The number of hydrogen-bond acceptors (Lipinski definition) is 1. The monoisotopic (exact) mass is 185 g/mol. The Kier molecular flexibility index (Phi) is 20.7. The second-order valence-electron chi connectivity index (χ2n) is 3.13. The summed E-state index contributed by atoms with van der Waals surface area (Å²) < 4.78 is 0. The fourth-order valence-corrected chi connectivity index (χ4v) is 0.681. The minimum Gasteiger partial charge on any atom is -0.320 e. The van der Waals surface area contributed by atoms with E-state index >= 15 is 0 Å². The Bertz CT molecular complexity index is 85.1. The average Bonchev–Trinajstić information content (AvgIpc) is 2.18. The highest BCUT2D eigenvalue weighted by Gasteiger charge is 1.78. The third kappa shape index (κ3) is 24.5. The highest BCUT2D eigenvalue weighted by Crippen LogP contribution is 1.89. The van der Waals surface area contributed by atoms with Crippen molar-refractivity contribution in [3.05, 3.63) is 12.2 Å². The summed E-state index contributed by atoms with van der Waals surface area (Å²) in [5.41, 5.74) is 0. The van der Waals surface area contributed by atoms with Gasteiger partial charge in [-0.05, 0) is 32.9 Å². The maximum atomic E-state index is 3.11. The van der Waals surface area contributed by atoms with Crippen LogP contribution in [0.5, 0.6) is 0 Å². The molecule has 0 heterocycles. The molecule has 1 N–H and O–H groups in total. The largest absolute Gasteiger partial charge is 0.320 e. The summed E-state index contributed by atoms with van der Waals surface area (Å²) >= 11 is 0. The maximum Gasteiger partial charge on any atom is -0.00490 e. The van der Waals surface area contributed by atoms with E-state index in [4.69, 9.17) is 0 Å². The van der Waals surface area contributed by atoms with Crippen LogP contribution >= 0.6 is 0 Å². The zero-order valence-corrected chi connectivity index (χ0v) is 9.90. The Balaban J connectivity index is 0. The lowest BCUT2D eigenvalue weighted by molar-refractivity contribution is 0.734. The number of hydrogen-bond donors (Lipinski definition) is 1. The zero-order chi connectivity index (χ0) is 10.4. The van der Waals surface area contributed by atoms with Gasteiger partial charge in [0.1, 0.15) is 0 Å². The molecule has 1 heteroatoms. The summed E-state index contributed by atoms with van der Waals surface area (Å²) in [6.45, 7) is 7.66. The summed E-state index contributed by atoms with van der Waals surface area (Å²) in [5, 5.41) is 3.11. The van der Waals surface area contributed by atoms with Crippen molar-refractivity contribution in [1.82, 2.24) is 5.32 Å². The standard InChI is InChI=1S/C8H17N.C4H10/c1-3-4-5-6-7-8-9-2;1-3-4-2/h4-5,9H,3,6-8H2,1-2H3;3-4H2,1-2H3/b5-4-;. The lowest BCUT2D eigenvalue weighted by Gasteiger charge is -1.92. The minimum atomic E-state index is 1.13. The molecule has 0 aromatic rings. The number of rotatable bonds is 6. The van der Waals surface area contributed by atoms with Crippen LogP contribution in [0.3, 0.4) is 0 Å². The molecule has 80 valence electrons. The van der Waals surface area contributed by atoms with Gasteiger partial charge in [-0.2, -0.15) is 0 Å². The van der Waals surface area contributed by atoms with Gasteiger partial charge in [-0.25, -0.2) is 0 Å². The van der Waals surface area contributed by atoms with E-state index < -0.39 is 0 Å². The molecule has 0 unspecified atom stereocenters. The normalized spacial score (nSPS) is 9.85. The van der Waals surface area contributed by atoms with Crippen LogP contribution in [-0.2, 0) is 0 Å². The molecule has 0 fully saturated rings. The lowest BCUT2D eigenvalue weighted by Crippen LogP contribution is -2.06. The number of unbranched alkanes of at least 4 members (excludes halogenated alkanes) is 2. The molecule has 0 amide bonds. The molecule has 0 saturated heterocycles. The quantitative estimate of drug-likeness (QED) is 0.491. The van der Waals surface area contributed by atoms with E-state index in [1.165, 1.54) is 32.1 Å². The number of allylic oxidation sites excluding steroid dienone is 2. The summed E-state index contributed by atoms with van der Waals surface area (Å²) in [7, 11) is 1.99. The van der Waals surface area contributed by atoms with E-state index in [1.54, 1.807) is 0 Å². The van der Waals surface area contributed by atoms with E-state index in [1.807, 2.05) is 7.05 Å². The topological polar surface area (TPSA) is 12.0 Å². The molecular weight excluding hydrogens is 158 g/mol. The SMILES string of the molecule is CC/C=C\CCCNC.CCCC. The van der Waals surface area contributed by atoms with E-state index in [0.717, 1.165) is 6.54 Å². The van der Waals surface area contributed by atoms with Crippen LogP contribution in [0.1, 0.15) is 52.9 Å². The molecule has 1 nitrogen and oxygen atoms in total. The molecular formula is C12H27N. The fourth-order valence-electron chi connectivity index (χ4n) is 0.681. The van der Waals surface area contributed by atoms with Gasteiger partial charge >= 0.3 is 0 Å². The van der Waals surface area contributed by atoms with Gasteiger partial charge in [0.15, 0.2) is 0 Å². The van der Waals surface area contributed by atoms with E-state index in [2.05, 4.69) is 38.2 Å². The van der Waals surface area contributed by atoms with Crippen molar-refractivity contribution in [2.24, 2.45) is 0 Å². The van der Waals surface area contributed by atoms with Gasteiger partial charge in [0.2, 0.25) is 0 Å². The first kappa shape index (κ1) is 15.2. The van der Waals surface area contributed by atoms with Crippen LogP contribution in [0.25, 0.3) is 0 Å². The van der Waals surface area contributed by atoms with E-state index in [-0.39, 0.29) is 0 Å². The molecule has 0 spiro atoms. The molecule has 0 radical (unpaired) electrons. The van der Waals surface area contributed by atoms with Crippen molar-refractivity contribution in [1.29, 1.82) is 0 Å². The highest BCUT2D eigenvalue weighted by molar-refractivity contribution is 4.79. The van der Waals surface area contributed by atoms with Gasteiger partial charge in [-0.1, -0.05) is 45.8 Å². The van der Waals surface area contributed by atoms with Gasteiger partial charge in [-0.15, -0.1) is 0 Å². The zero-order valence-electron chi connectivity index (χ0n) is 9.90. The van der Waals surface area contributed by atoms with Crippen molar-refractivity contribution >= 4 is 0 Å². The first-order valence-electron chi connectivity index (χ1n) is 5.62. The van der Waals surface area contributed by atoms with Crippen LogP contribution in [0.2, 0.25) is 0 Å². The van der Waals surface area contributed by atoms with Crippen molar-refractivity contribution in [2.75, 3.05) is 13.6 Å². The molecule has 0 rings (SSSR count). The average molecular weight is 185 g/mol. The van der Waals surface area contributed by atoms with Crippen LogP contribution in [0.15, 0.2) is 12.2 Å².